The van der Waals surface area contributed by atoms with E-state index < -0.39 is 0 Å². The molecule has 138 valence electrons. The summed E-state index contributed by atoms with van der Waals surface area (Å²) < 4.78 is 0. The molecule has 6 nitrogen and oxygen atoms in total. The highest BCUT2D eigenvalue weighted by Crippen LogP contribution is 2.27. The summed E-state index contributed by atoms with van der Waals surface area (Å²) in [5.41, 5.74) is 5.94. The first kappa shape index (κ1) is 17.5. The number of aromatic nitrogens is 2. The third-order valence-corrected chi connectivity index (χ3v) is 4.50. The summed E-state index contributed by atoms with van der Waals surface area (Å²) in [4.78, 5) is 12.4. The van der Waals surface area contributed by atoms with E-state index in [1.807, 2.05) is 42.5 Å². The topological polar surface area (TPSA) is 90.4 Å². The first-order valence-corrected chi connectivity index (χ1v) is 8.79. The van der Waals surface area contributed by atoms with Crippen molar-refractivity contribution in [2.75, 3.05) is 0 Å². The molecule has 0 aliphatic heterocycles. The van der Waals surface area contributed by atoms with E-state index in [-0.39, 0.29) is 11.7 Å². The average molecular weight is 370 g/mol. The van der Waals surface area contributed by atoms with Gasteiger partial charge in [-0.1, -0.05) is 42.5 Å². The van der Waals surface area contributed by atoms with Gasteiger partial charge in [-0.2, -0.15) is 10.2 Å². The number of hydrogen-bond donors (Lipinski definition) is 3. The van der Waals surface area contributed by atoms with Crippen molar-refractivity contribution in [3.63, 3.8) is 0 Å². The molecule has 0 unspecified atom stereocenters. The van der Waals surface area contributed by atoms with Crippen LogP contribution in [-0.4, -0.2) is 26.9 Å². The number of nitrogens with zero attached hydrogens (tertiary/aromatic N) is 2. The van der Waals surface area contributed by atoms with Gasteiger partial charge < -0.3 is 5.11 Å². The molecule has 0 bridgehead atoms. The number of fused-ring (bicyclic) bond motifs is 1. The lowest BCUT2D eigenvalue weighted by atomic mass is 10.0. The number of amides is 1. The lowest BCUT2D eigenvalue weighted by Crippen LogP contribution is -2.19. The van der Waals surface area contributed by atoms with Gasteiger partial charge in [-0.25, -0.2) is 5.43 Å². The van der Waals surface area contributed by atoms with Crippen LogP contribution in [0.15, 0.2) is 77.9 Å². The maximum absolute atomic E-state index is 12.4. The smallest absolute Gasteiger partial charge is 0.289 e. The van der Waals surface area contributed by atoms with Crippen molar-refractivity contribution < 1.29 is 9.90 Å². The zero-order valence-electron chi connectivity index (χ0n) is 15.2. The Balaban J connectivity index is 1.54. The number of benzene rings is 3. The van der Waals surface area contributed by atoms with Crippen LogP contribution in [0.3, 0.4) is 0 Å². The normalized spacial score (nSPS) is 11.5. The highest BCUT2D eigenvalue weighted by molar-refractivity contribution is 6.01. The van der Waals surface area contributed by atoms with E-state index in [2.05, 4.69) is 20.7 Å². The summed E-state index contributed by atoms with van der Waals surface area (Å²) in [5.74, 6) is -0.198. The van der Waals surface area contributed by atoms with Crippen LogP contribution in [0.2, 0.25) is 0 Å². The lowest BCUT2D eigenvalue weighted by molar-refractivity contribution is 0.0950. The van der Waals surface area contributed by atoms with Crippen LogP contribution in [0.5, 0.6) is 5.75 Å². The molecule has 1 amide bonds. The number of nitrogens with one attached hydrogen (secondary N) is 2. The van der Waals surface area contributed by atoms with Gasteiger partial charge in [0.2, 0.25) is 0 Å². The number of carbonyl (C=O) groups is 1. The van der Waals surface area contributed by atoms with Crippen LogP contribution in [-0.2, 0) is 0 Å². The van der Waals surface area contributed by atoms with Crippen LogP contribution in [0.4, 0.5) is 0 Å². The Bertz CT molecular complexity index is 1170. The van der Waals surface area contributed by atoms with Crippen LogP contribution >= 0.6 is 0 Å². The molecule has 0 radical (unpaired) electrons. The molecule has 0 spiro atoms. The van der Waals surface area contributed by atoms with Crippen LogP contribution in [0.1, 0.15) is 23.0 Å². The highest BCUT2D eigenvalue weighted by Gasteiger charge is 2.12. The second-order valence-electron chi connectivity index (χ2n) is 6.38. The second-order valence-corrected chi connectivity index (χ2v) is 6.38. The molecule has 28 heavy (non-hydrogen) atoms. The van der Waals surface area contributed by atoms with E-state index in [0.717, 1.165) is 21.9 Å². The van der Waals surface area contributed by atoms with E-state index in [9.17, 15) is 9.90 Å². The third kappa shape index (κ3) is 3.48. The van der Waals surface area contributed by atoms with Crippen molar-refractivity contribution >= 4 is 22.4 Å². The van der Waals surface area contributed by atoms with Gasteiger partial charge in [-0.05, 0) is 53.6 Å². The third-order valence-electron chi connectivity index (χ3n) is 4.50. The monoisotopic (exact) mass is 370 g/mol. The van der Waals surface area contributed by atoms with Gasteiger partial charge in [-0.3, -0.25) is 9.89 Å². The average Bonchev–Trinajstić information content (AvgIpc) is 3.22. The number of H-pyrrole nitrogens is 1. The first-order chi connectivity index (χ1) is 13.6. The SMILES string of the molecule is C/C(=N/NC(=O)c1cc(-c2cccc3ccccc23)n[nH]1)c1ccc(O)cc1. The Kier molecular flexibility index (Phi) is 4.60. The predicted octanol–water partition coefficient (Wildman–Crippen LogP) is 4.09. The van der Waals surface area contributed by atoms with Crippen molar-refractivity contribution in [3.8, 4) is 17.0 Å². The molecule has 0 aliphatic carbocycles. The predicted molar refractivity (Wildman–Crippen MR) is 109 cm³/mol. The Morgan fingerprint density at radius 3 is 2.61 bits per heavy atom. The van der Waals surface area contributed by atoms with E-state index in [0.29, 0.717) is 17.1 Å². The fourth-order valence-corrected chi connectivity index (χ4v) is 2.99. The standard InChI is InChI=1S/C22H18N4O2/c1-14(15-9-11-17(27)12-10-15)23-26-22(28)21-13-20(24-25-21)19-8-4-6-16-5-2-3-7-18(16)19/h2-13,27H,1H3,(H,24,25)(H,26,28)/b23-14-. The fourth-order valence-electron chi connectivity index (χ4n) is 2.99. The van der Waals surface area contributed by atoms with Gasteiger partial charge in [0.25, 0.3) is 5.91 Å². The number of aromatic amines is 1. The number of rotatable bonds is 4. The number of aromatic hydroxyl groups is 1. The summed E-state index contributed by atoms with van der Waals surface area (Å²) in [6, 6.07) is 22.3. The molecule has 3 aromatic carbocycles. The summed E-state index contributed by atoms with van der Waals surface area (Å²) in [5, 5.41) is 22.7. The highest BCUT2D eigenvalue weighted by atomic mass is 16.3. The molecule has 4 rings (SSSR count). The lowest BCUT2D eigenvalue weighted by Gasteiger charge is -2.03. The Labute approximate surface area is 161 Å². The maximum Gasteiger partial charge on any atom is 0.289 e. The van der Waals surface area contributed by atoms with Gasteiger partial charge in [0.1, 0.15) is 11.4 Å². The maximum atomic E-state index is 12.4. The van der Waals surface area contributed by atoms with Gasteiger partial charge >= 0.3 is 0 Å². The van der Waals surface area contributed by atoms with Crippen molar-refractivity contribution in [3.05, 3.63) is 84.1 Å². The Morgan fingerprint density at radius 2 is 1.79 bits per heavy atom. The van der Waals surface area contributed by atoms with E-state index >= 15 is 0 Å². The molecule has 1 heterocycles. The van der Waals surface area contributed by atoms with E-state index in [4.69, 9.17) is 0 Å². The summed E-state index contributed by atoms with van der Waals surface area (Å²) in [7, 11) is 0. The van der Waals surface area contributed by atoms with Crippen molar-refractivity contribution in [1.29, 1.82) is 0 Å². The van der Waals surface area contributed by atoms with E-state index in [1.54, 1.807) is 37.3 Å². The number of phenols is 1. The minimum atomic E-state index is -0.378. The molecule has 0 atom stereocenters. The molecule has 0 saturated carbocycles. The van der Waals surface area contributed by atoms with Gasteiger partial charge in [0, 0.05) is 5.56 Å². The molecule has 0 aliphatic rings. The molecular formula is C22H18N4O2. The zero-order chi connectivity index (χ0) is 19.5. The molecular weight excluding hydrogens is 352 g/mol. The number of hydrogen-bond acceptors (Lipinski definition) is 4. The van der Waals surface area contributed by atoms with Gasteiger partial charge in [-0.15, -0.1) is 0 Å². The molecule has 3 N–H and O–H groups in total. The van der Waals surface area contributed by atoms with Crippen molar-refractivity contribution in [2.45, 2.75) is 6.92 Å². The van der Waals surface area contributed by atoms with Gasteiger partial charge in [0.15, 0.2) is 0 Å². The van der Waals surface area contributed by atoms with Crippen molar-refractivity contribution in [2.24, 2.45) is 5.10 Å². The molecule has 0 saturated heterocycles. The van der Waals surface area contributed by atoms with E-state index in [1.165, 1.54) is 0 Å². The van der Waals surface area contributed by atoms with Gasteiger partial charge in [0.05, 0.1) is 11.4 Å². The number of phenolic OH excluding ortho intramolecular Hbond substituents is 1. The van der Waals surface area contributed by atoms with Crippen LogP contribution in [0.25, 0.3) is 22.0 Å². The quantitative estimate of drug-likeness (QED) is 0.373. The summed E-state index contributed by atoms with van der Waals surface area (Å²) >= 11 is 0. The number of carbonyl (C=O) groups excluding carboxylic acids is 1. The van der Waals surface area contributed by atoms with Crippen LogP contribution < -0.4 is 5.43 Å². The summed E-state index contributed by atoms with van der Waals surface area (Å²) in [6.07, 6.45) is 0. The molecule has 4 aromatic rings. The number of hydrazone groups is 1. The molecule has 6 heteroatoms. The minimum absolute atomic E-state index is 0.180. The van der Waals surface area contributed by atoms with Crippen LogP contribution in [0, 0.1) is 0 Å². The zero-order valence-corrected chi connectivity index (χ0v) is 15.2. The first-order valence-electron chi connectivity index (χ1n) is 8.79. The fraction of sp³-hybridized carbons (Fsp3) is 0.0455. The molecule has 1 aromatic heterocycles. The van der Waals surface area contributed by atoms with Crippen molar-refractivity contribution in [1.82, 2.24) is 15.6 Å². The largest absolute Gasteiger partial charge is 0.508 e. The minimum Gasteiger partial charge on any atom is -0.508 e. The Morgan fingerprint density at radius 1 is 1.04 bits per heavy atom. The summed E-state index contributed by atoms with van der Waals surface area (Å²) in [6.45, 7) is 1.78. The Hall–Kier alpha value is -3.93. The molecule has 0 fully saturated rings. The second kappa shape index (κ2) is 7.36.